The maximum atomic E-state index is 10.9. The van der Waals surface area contributed by atoms with Crippen molar-refractivity contribution in [1.82, 2.24) is 0 Å². The number of aliphatic hydroxyl groups excluding tert-OH is 1. The SMILES string of the molecule is CC(C)(O)C1CC[C@@](C)([C@H]2CC[C@]3(C)[C@@H]2CC[C@@H]2[C@@]4(C)CCC(O)C(C)(C)[C@@H]4CC[C@]23C)O1. The highest BCUT2D eigenvalue weighted by Crippen LogP contribution is 2.76. The van der Waals surface area contributed by atoms with Crippen LogP contribution in [0.3, 0.4) is 0 Å². The van der Waals surface area contributed by atoms with Gasteiger partial charge in [0, 0.05) is 0 Å². The van der Waals surface area contributed by atoms with Gasteiger partial charge >= 0.3 is 0 Å². The predicted octanol–water partition coefficient (Wildman–Crippen LogP) is 6.74. The molecule has 1 aliphatic heterocycles. The molecular formula is C30H52O3. The van der Waals surface area contributed by atoms with Crippen molar-refractivity contribution in [2.24, 2.45) is 45.3 Å². The molecule has 2 unspecified atom stereocenters. The largest absolute Gasteiger partial charge is 0.393 e. The topological polar surface area (TPSA) is 49.7 Å². The van der Waals surface area contributed by atoms with Crippen LogP contribution in [-0.2, 0) is 4.74 Å². The Hall–Kier alpha value is -0.120. The van der Waals surface area contributed by atoms with E-state index in [0.29, 0.717) is 28.1 Å². The number of aliphatic hydroxyl groups is 2. The normalized spacial score (nSPS) is 56.2. The molecule has 10 atom stereocenters. The summed E-state index contributed by atoms with van der Waals surface area (Å²) >= 11 is 0. The molecule has 0 radical (unpaired) electrons. The summed E-state index contributed by atoms with van der Waals surface area (Å²) in [6.45, 7) is 18.8. The maximum Gasteiger partial charge on any atom is 0.0865 e. The summed E-state index contributed by atoms with van der Waals surface area (Å²) in [6.07, 6.45) is 11.9. The summed E-state index contributed by atoms with van der Waals surface area (Å²) in [7, 11) is 0. The molecule has 0 aromatic heterocycles. The third kappa shape index (κ3) is 3.16. The molecule has 5 fully saturated rings. The van der Waals surface area contributed by atoms with Crippen LogP contribution in [0.2, 0.25) is 0 Å². The van der Waals surface area contributed by atoms with E-state index >= 15 is 0 Å². The zero-order valence-electron chi connectivity index (χ0n) is 22.8. The molecule has 3 nitrogen and oxygen atoms in total. The minimum Gasteiger partial charge on any atom is -0.393 e. The van der Waals surface area contributed by atoms with Crippen LogP contribution in [0.15, 0.2) is 0 Å². The first-order valence-electron chi connectivity index (χ1n) is 14.2. The molecule has 5 aliphatic rings. The molecule has 190 valence electrons. The summed E-state index contributed by atoms with van der Waals surface area (Å²) in [4.78, 5) is 0. The number of rotatable bonds is 2. The number of ether oxygens (including phenoxy) is 1. The van der Waals surface area contributed by atoms with E-state index in [1.54, 1.807) is 0 Å². The van der Waals surface area contributed by atoms with Gasteiger partial charge in [-0.25, -0.2) is 0 Å². The lowest BCUT2D eigenvalue weighted by molar-refractivity contribution is -0.227. The number of hydrogen-bond donors (Lipinski definition) is 2. The van der Waals surface area contributed by atoms with Crippen molar-refractivity contribution < 1.29 is 14.9 Å². The van der Waals surface area contributed by atoms with Crippen molar-refractivity contribution in [3.8, 4) is 0 Å². The van der Waals surface area contributed by atoms with Gasteiger partial charge in [-0.05, 0) is 130 Å². The average molecular weight is 461 g/mol. The second-order valence-corrected chi connectivity index (χ2v) is 15.3. The number of fused-ring (bicyclic) bond motifs is 5. The summed E-state index contributed by atoms with van der Waals surface area (Å²) in [5.74, 6) is 2.73. The standard InChI is InChI=1S/C30H52O3/c1-25(2)21-12-17-29(7)22(27(21,5)15-13-23(25)31)10-9-19-20(11-16-28(19,29)6)30(8)18-14-24(33-30)26(3,4)32/h19-24,31-32H,9-18H2,1-8H3/t19-,20+,21+,22-,23?,24?,27+,28-,29-,30+/m1/s1. The lowest BCUT2D eigenvalue weighted by Gasteiger charge is -2.70. The van der Waals surface area contributed by atoms with Crippen molar-refractivity contribution in [1.29, 1.82) is 0 Å². The Morgan fingerprint density at radius 3 is 2.00 bits per heavy atom. The minimum absolute atomic E-state index is 0.0293. The van der Waals surface area contributed by atoms with E-state index in [9.17, 15) is 10.2 Å². The zero-order valence-corrected chi connectivity index (χ0v) is 22.8. The van der Waals surface area contributed by atoms with Crippen LogP contribution < -0.4 is 0 Å². The predicted molar refractivity (Wildman–Crippen MR) is 134 cm³/mol. The molecule has 3 heteroatoms. The lowest BCUT2D eigenvalue weighted by Crippen LogP contribution is -2.64. The van der Waals surface area contributed by atoms with Gasteiger partial charge in [-0.3, -0.25) is 0 Å². The van der Waals surface area contributed by atoms with Gasteiger partial charge in [-0.2, -0.15) is 0 Å². The van der Waals surface area contributed by atoms with E-state index in [4.69, 9.17) is 4.74 Å². The Balaban J connectivity index is 1.44. The van der Waals surface area contributed by atoms with Crippen molar-refractivity contribution in [3.05, 3.63) is 0 Å². The van der Waals surface area contributed by atoms with Crippen molar-refractivity contribution in [3.63, 3.8) is 0 Å². The van der Waals surface area contributed by atoms with Crippen molar-refractivity contribution in [2.45, 2.75) is 143 Å². The fourth-order valence-electron chi connectivity index (χ4n) is 11.1. The molecule has 0 aromatic rings. The van der Waals surface area contributed by atoms with Crippen LogP contribution >= 0.6 is 0 Å². The molecule has 5 rings (SSSR count). The highest BCUT2D eigenvalue weighted by Gasteiger charge is 2.70. The molecule has 1 saturated heterocycles. The van der Waals surface area contributed by atoms with Gasteiger partial charge in [0.2, 0.25) is 0 Å². The third-order valence-electron chi connectivity index (χ3n) is 13.3. The second kappa shape index (κ2) is 7.22. The van der Waals surface area contributed by atoms with Crippen molar-refractivity contribution in [2.75, 3.05) is 0 Å². The van der Waals surface area contributed by atoms with E-state index in [2.05, 4.69) is 41.5 Å². The van der Waals surface area contributed by atoms with Gasteiger partial charge in [0.25, 0.3) is 0 Å². The zero-order chi connectivity index (χ0) is 24.2. The van der Waals surface area contributed by atoms with E-state index in [1.807, 2.05) is 13.8 Å². The van der Waals surface area contributed by atoms with E-state index in [1.165, 1.54) is 44.9 Å². The molecule has 1 heterocycles. The van der Waals surface area contributed by atoms with Crippen LogP contribution in [0.5, 0.6) is 0 Å². The first-order valence-corrected chi connectivity index (χ1v) is 14.2. The first kappa shape index (κ1) is 24.6. The Bertz CT molecular complexity index is 784. The molecule has 0 amide bonds. The van der Waals surface area contributed by atoms with Gasteiger partial charge in [-0.1, -0.05) is 34.6 Å². The average Bonchev–Trinajstić information content (AvgIpc) is 3.27. The molecule has 2 N–H and O–H groups in total. The van der Waals surface area contributed by atoms with Gasteiger partial charge in [-0.15, -0.1) is 0 Å². The molecule has 0 aromatic carbocycles. The molecule has 33 heavy (non-hydrogen) atoms. The summed E-state index contributed by atoms with van der Waals surface area (Å²) in [5.41, 5.74) is 0.277. The van der Waals surface area contributed by atoms with Crippen LogP contribution in [0.4, 0.5) is 0 Å². The van der Waals surface area contributed by atoms with E-state index in [0.717, 1.165) is 31.1 Å². The fraction of sp³-hybridized carbons (Fsp3) is 1.00. The van der Waals surface area contributed by atoms with E-state index in [-0.39, 0.29) is 23.2 Å². The van der Waals surface area contributed by atoms with Gasteiger partial charge in [0.15, 0.2) is 0 Å². The molecule has 0 spiro atoms. The van der Waals surface area contributed by atoms with Gasteiger partial charge in [0.1, 0.15) is 0 Å². The lowest BCUT2D eigenvalue weighted by atomic mass is 9.35. The molecule has 4 saturated carbocycles. The summed E-state index contributed by atoms with van der Waals surface area (Å²) < 4.78 is 6.73. The molecule has 0 bridgehead atoms. The highest BCUT2D eigenvalue weighted by atomic mass is 16.5. The highest BCUT2D eigenvalue weighted by molar-refractivity contribution is 5.18. The smallest absolute Gasteiger partial charge is 0.0865 e. The van der Waals surface area contributed by atoms with Crippen molar-refractivity contribution >= 4 is 0 Å². The monoisotopic (exact) mass is 460 g/mol. The van der Waals surface area contributed by atoms with Crippen LogP contribution in [0.25, 0.3) is 0 Å². The van der Waals surface area contributed by atoms with Gasteiger partial charge < -0.3 is 14.9 Å². The number of hydrogen-bond acceptors (Lipinski definition) is 3. The summed E-state index contributed by atoms with van der Waals surface area (Å²) in [5, 5.41) is 21.5. The Morgan fingerprint density at radius 2 is 1.36 bits per heavy atom. The molecular weight excluding hydrogens is 408 g/mol. The fourth-order valence-corrected chi connectivity index (χ4v) is 11.1. The van der Waals surface area contributed by atoms with E-state index < -0.39 is 5.60 Å². The first-order chi connectivity index (χ1) is 15.1. The Labute approximate surface area is 203 Å². The van der Waals surface area contributed by atoms with Crippen LogP contribution in [-0.4, -0.2) is 33.6 Å². The third-order valence-corrected chi connectivity index (χ3v) is 13.3. The second-order valence-electron chi connectivity index (χ2n) is 15.3. The van der Waals surface area contributed by atoms with Gasteiger partial charge in [0.05, 0.1) is 23.4 Å². The van der Waals surface area contributed by atoms with Crippen LogP contribution in [0, 0.1) is 45.3 Å². The maximum absolute atomic E-state index is 10.9. The minimum atomic E-state index is -0.755. The summed E-state index contributed by atoms with van der Waals surface area (Å²) in [6, 6.07) is 0. The molecule has 4 aliphatic carbocycles. The Kier molecular flexibility index (Phi) is 5.38. The van der Waals surface area contributed by atoms with Crippen LogP contribution in [0.1, 0.15) is 120 Å². The quantitative estimate of drug-likeness (QED) is 0.480. The Morgan fingerprint density at radius 1 is 0.697 bits per heavy atom.